The second-order valence-corrected chi connectivity index (χ2v) is 6.13. The zero-order chi connectivity index (χ0) is 19.1. The van der Waals surface area contributed by atoms with E-state index in [9.17, 15) is 4.79 Å². The van der Waals surface area contributed by atoms with Crippen molar-refractivity contribution < 1.29 is 14.3 Å². The fourth-order valence-electron chi connectivity index (χ4n) is 2.65. The summed E-state index contributed by atoms with van der Waals surface area (Å²) in [4.78, 5) is 16.4. The van der Waals surface area contributed by atoms with Gasteiger partial charge in [-0.2, -0.15) is 0 Å². The van der Waals surface area contributed by atoms with Crippen molar-refractivity contribution in [2.24, 2.45) is 0 Å². The van der Waals surface area contributed by atoms with Crippen molar-refractivity contribution in [3.8, 4) is 11.5 Å². The number of nitrogens with zero attached hydrogens (tertiary/aromatic N) is 1. The van der Waals surface area contributed by atoms with Crippen LogP contribution in [0.1, 0.15) is 18.1 Å². The van der Waals surface area contributed by atoms with Crippen LogP contribution in [-0.4, -0.2) is 24.1 Å². The van der Waals surface area contributed by atoms with E-state index in [0.29, 0.717) is 11.5 Å². The minimum absolute atomic E-state index is 0.220. The summed E-state index contributed by atoms with van der Waals surface area (Å²) in [5.41, 5.74) is 3.09. The number of aromatic nitrogens is 1. The Labute approximate surface area is 159 Å². The van der Waals surface area contributed by atoms with Gasteiger partial charge in [0.05, 0.1) is 7.11 Å². The highest BCUT2D eigenvalue weighted by Crippen LogP contribution is 2.27. The number of nitrogens with one attached hydrogen (secondary N) is 1. The molecule has 3 rings (SSSR count). The molecule has 0 fully saturated rings. The number of anilines is 1. The summed E-state index contributed by atoms with van der Waals surface area (Å²) in [5, 5.41) is 2.88. The summed E-state index contributed by atoms with van der Waals surface area (Å²) in [7, 11) is 1.57. The first-order valence-corrected chi connectivity index (χ1v) is 8.74. The molecule has 1 amide bonds. The van der Waals surface area contributed by atoms with Crippen molar-refractivity contribution in [1.29, 1.82) is 0 Å². The summed E-state index contributed by atoms with van der Waals surface area (Å²) < 4.78 is 11.0. The first-order chi connectivity index (χ1) is 13.2. The molecule has 1 N–H and O–H groups in total. The number of amides is 1. The summed E-state index contributed by atoms with van der Waals surface area (Å²) in [6.07, 6.45) is 3.74. The van der Waals surface area contributed by atoms with E-state index in [1.807, 2.05) is 48.5 Å². The SMILES string of the molecule is COc1ccccc1O[C@H](C)C(=O)Nc1ccc(Cc2ccncc2)cc1. The smallest absolute Gasteiger partial charge is 0.265 e. The molecule has 0 saturated heterocycles. The lowest BCUT2D eigenvalue weighted by Crippen LogP contribution is -2.30. The van der Waals surface area contributed by atoms with Crippen LogP contribution >= 0.6 is 0 Å². The molecule has 0 aliphatic heterocycles. The molecule has 0 saturated carbocycles. The van der Waals surface area contributed by atoms with E-state index in [4.69, 9.17) is 9.47 Å². The molecule has 5 heteroatoms. The monoisotopic (exact) mass is 362 g/mol. The minimum Gasteiger partial charge on any atom is -0.493 e. The van der Waals surface area contributed by atoms with Crippen LogP contribution in [0, 0.1) is 0 Å². The normalized spacial score (nSPS) is 11.5. The molecule has 1 aromatic heterocycles. The van der Waals surface area contributed by atoms with Crippen molar-refractivity contribution >= 4 is 11.6 Å². The van der Waals surface area contributed by atoms with Gasteiger partial charge in [-0.1, -0.05) is 24.3 Å². The van der Waals surface area contributed by atoms with Crippen LogP contribution in [0.4, 0.5) is 5.69 Å². The lowest BCUT2D eigenvalue weighted by Gasteiger charge is -2.16. The number of carbonyl (C=O) groups is 1. The molecule has 0 aliphatic rings. The van der Waals surface area contributed by atoms with Crippen LogP contribution < -0.4 is 14.8 Å². The molecular weight excluding hydrogens is 340 g/mol. The molecule has 27 heavy (non-hydrogen) atoms. The molecule has 2 aromatic carbocycles. The Balaban J connectivity index is 1.58. The van der Waals surface area contributed by atoms with Gasteiger partial charge < -0.3 is 14.8 Å². The number of rotatable bonds is 7. The fourth-order valence-corrected chi connectivity index (χ4v) is 2.65. The van der Waals surface area contributed by atoms with E-state index in [1.165, 1.54) is 5.56 Å². The van der Waals surface area contributed by atoms with Gasteiger partial charge >= 0.3 is 0 Å². The average Bonchev–Trinajstić information content (AvgIpc) is 2.70. The number of methoxy groups -OCH3 is 1. The molecule has 5 nitrogen and oxygen atoms in total. The minimum atomic E-state index is -0.655. The number of carbonyl (C=O) groups excluding carboxylic acids is 1. The summed E-state index contributed by atoms with van der Waals surface area (Å²) >= 11 is 0. The Kier molecular flexibility index (Phi) is 6.05. The molecule has 0 spiro atoms. The standard InChI is InChI=1S/C22H22N2O3/c1-16(27-21-6-4-3-5-20(21)26-2)22(25)24-19-9-7-17(8-10-19)15-18-11-13-23-14-12-18/h3-14,16H,15H2,1-2H3,(H,24,25)/t16-/m1/s1. The maximum Gasteiger partial charge on any atom is 0.265 e. The Morgan fingerprint density at radius 1 is 0.963 bits per heavy atom. The van der Waals surface area contributed by atoms with Gasteiger partial charge in [-0.25, -0.2) is 0 Å². The average molecular weight is 362 g/mol. The zero-order valence-electron chi connectivity index (χ0n) is 15.4. The molecule has 138 valence electrons. The highest BCUT2D eigenvalue weighted by molar-refractivity contribution is 5.94. The van der Waals surface area contributed by atoms with Crippen molar-refractivity contribution in [2.45, 2.75) is 19.4 Å². The molecule has 3 aromatic rings. The highest BCUT2D eigenvalue weighted by atomic mass is 16.5. The van der Waals surface area contributed by atoms with E-state index in [0.717, 1.165) is 17.7 Å². The van der Waals surface area contributed by atoms with Crippen LogP contribution in [0.25, 0.3) is 0 Å². The predicted molar refractivity (Wildman–Crippen MR) is 105 cm³/mol. The van der Waals surface area contributed by atoms with E-state index in [2.05, 4.69) is 10.3 Å². The second kappa shape index (κ2) is 8.85. The van der Waals surface area contributed by atoms with Crippen LogP contribution in [-0.2, 0) is 11.2 Å². The molecule has 0 bridgehead atoms. The van der Waals surface area contributed by atoms with Gasteiger partial charge in [-0.05, 0) is 60.9 Å². The molecule has 0 aliphatic carbocycles. The van der Waals surface area contributed by atoms with Gasteiger partial charge in [-0.3, -0.25) is 9.78 Å². The van der Waals surface area contributed by atoms with Gasteiger partial charge in [0.25, 0.3) is 5.91 Å². The van der Waals surface area contributed by atoms with E-state index in [1.54, 1.807) is 38.6 Å². The topological polar surface area (TPSA) is 60.5 Å². The van der Waals surface area contributed by atoms with Crippen molar-refractivity contribution in [2.75, 3.05) is 12.4 Å². The van der Waals surface area contributed by atoms with Gasteiger partial charge in [0.2, 0.25) is 0 Å². The van der Waals surface area contributed by atoms with Crippen molar-refractivity contribution in [1.82, 2.24) is 4.98 Å². The first-order valence-electron chi connectivity index (χ1n) is 8.74. The number of ether oxygens (including phenoxy) is 2. The van der Waals surface area contributed by atoms with Gasteiger partial charge in [0.15, 0.2) is 17.6 Å². The van der Waals surface area contributed by atoms with Crippen LogP contribution in [0.2, 0.25) is 0 Å². The maximum absolute atomic E-state index is 12.4. The Hall–Kier alpha value is -3.34. The van der Waals surface area contributed by atoms with E-state index in [-0.39, 0.29) is 5.91 Å². The van der Waals surface area contributed by atoms with Gasteiger partial charge in [0.1, 0.15) is 0 Å². The summed E-state index contributed by atoms with van der Waals surface area (Å²) in [6, 6.07) is 19.0. The van der Waals surface area contributed by atoms with Crippen LogP contribution in [0.15, 0.2) is 73.1 Å². The number of hydrogen-bond donors (Lipinski definition) is 1. The zero-order valence-corrected chi connectivity index (χ0v) is 15.4. The first kappa shape index (κ1) is 18.5. The summed E-state index contributed by atoms with van der Waals surface area (Å²) in [5.74, 6) is 0.913. The lowest BCUT2D eigenvalue weighted by atomic mass is 10.1. The number of para-hydroxylation sites is 2. The number of hydrogen-bond acceptors (Lipinski definition) is 4. The van der Waals surface area contributed by atoms with Crippen molar-refractivity contribution in [3.05, 3.63) is 84.2 Å². The van der Waals surface area contributed by atoms with Crippen molar-refractivity contribution in [3.63, 3.8) is 0 Å². The van der Waals surface area contributed by atoms with E-state index >= 15 is 0 Å². The van der Waals surface area contributed by atoms with Gasteiger partial charge in [-0.15, -0.1) is 0 Å². The Morgan fingerprint density at radius 3 is 2.26 bits per heavy atom. The van der Waals surface area contributed by atoms with Gasteiger partial charge in [0, 0.05) is 18.1 Å². The third-order valence-corrected chi connectivity index (χ3v) is 4.12. The Morgan fingerprint density at radius 2 is 1.59 bits per heavy atom. The molecule has 0 unspecified atom stereocenters. The highest BCUT2D eigenvalue weighted by Gasteiger charge is 2.16. The molecule has 0 radical (unpaired) electrons. The number of pyridine rings is 1. The predicted octanol–water partition coefficient (Wildman–Crippen LogP) is 4.09. The third-order valence-electron chi connectivity index (χ3n) is 4.12. The van der Waals surface area contributed by atoms with Crippen LogP contribution in [0.3, 0.4) is 0 Å². The lowest BCUT2D eigenvalue weighted by molar-refractivity contribution is -0.122. The largest absolute Gasteiger partial charge is 0.493 e. The third kappa shape index (κ3) is 5.07. The van der Waals surface area contributed by atoms with E-state index < -0.39 is 6.10 Å². The second-order valence-electron chi connectivity index (χ2n) is 6.13. The molecule has 1 heterocycles. The molecular formula is C22H22N2O3. The van der Waals surface area contributed by atoms with Crippen LogP contribution in [0.5, 0.6) is 11.5 Å². The Bertz CT molecular complexity index is 880. The summed E-state index contributed by atoms with van der Waals surface area (Å²) in [6.45, 7) is 1.71. The molecule has 1 atom stereocenters. The fraction of sp³-hybridized carbons (Fsp3) is 0.182. The maximum atomic E-state index is 12.4. The quantitative estimate of drug-likeness (QED) is 0.688. The number of benzene rings is 2.